The molecule has 1 amide bonds. The monoisotopic (exact) mass is 523 g/mol. The molecule has 3 aliphatic heterocycles. The molecule has 11 heteroatoms. The first-order valence-corrected chi connectivity index (χ1v) is 12.4. The number of hydrogen-bond acceptors (Lipinski definition) is 7. The van der Waals surface area contributed by atoms with Crippen LogP contribution in [0.5, 0.6) is 0 Å². The Labute approximate surface area is 217 Å². The standard InChI is InChI=1S/C23H29N7OS.2ClH/c1-17-12-22(30(26-17)19-4-2-18(14-24)3-5-19)28-8-6-27(7-9-28)20-13-21(25-15-20)23(31)29-10-11-32-16-29;;/h2-5,12,20-21,25H,6-11,13,15-16H2,1H3;2*1H/t20-,21-;;/m0../s1. The van der Waals surface area contributed by atoms with Gasteiger partial charge in [-0.25, -0.2) is 4.68 Å². The minimum absolute atomic E-state index is 0. The smallest absolute Gasteiger partial charge is 0.240 e. The lowest BCUT2D eigenvalue weighted by atomic mass is 10.1. The maximum Gasteiger partial charge on any atom is 0.240 e. The van der Waals surface area contributed by atoms with Gasteiger partial charge in [0.2, 0.25) is 5.91 Å². The summed E-state index contributed by atoms with van der Waals surface area (Å²) in [7, 11) is 0. The molecule has 2 atom stereocenters. The molecule has 0 bridgehead atoms. The summed E-state index contributed by atoms with van der Waals surface area (Å²) >= 11 is 1.84. The van der Waals surface area contributed by atoms with Crippen LogP contribution in [0.15, 0.2) is 30.3 Å². The van der Waals surface area contributed by atoms with Crippen molar-refractivity contribution in [3.05, 3.63) is 41.6 Å². The second kappa shape index (κ2) is 11.6. The van der Waals surface area contributed by atoms with E-state index in [1.165, 1.54) is 0 Å². The third-order valence-corrected chi connectivity index (χ3v) is 7.64. The number of thioether (sulfide) groups is 1. The highest BCUT2D eigenvalue weighted by Gasteiger charge is 2.36. The fourth-order valence-corrected chi connectivity index (χ4v) is 5.84. The Morgan fingerprint density at radius 3 is 2.53 bits per heavy atom. The van der Waals surface area contributed by atoms with Gasteiger partial charge >= 0.3 is 0 Å². The van der Waals surface area contributed by atoms with Crippen molar-refractivity contribution in [1.82, 2.24) is 24.9 Å². The number of nitrogens with one attached hydrogen (secondary N) is 1. The number of nitrogens with zero attached hydrogens (tertiary/aromatic N) is 6. The van der Waals surface area contributed by atoms with Crippen molar-refractivity contribution >= 4 is 48.3 Å². The third kappa shape index (κ3) is 5.47. The molecule has 2 aromatic rings. The number of aromatic nitrogens is 2. The first kappa shape index (κ1) is 26.6. The Bertz CT molecular complexity index is 1010. The van der Waals surface area contributed by atoms with Gasteiger partial charge in [-0.05, 0) is 37.6 Å². The Hall–Kier alpha value is -1.96. The van der Waals surface area contributed by atoms with Crippen LogP contribution in [0.25, 0.3) is 5.69 Å². The van der Waals surface area contributed by atoms with Crippen molar-refractivity contribution < 1.29 is 4.79 Å². The summed E-state index contributed by atoms with van der Waals surface area (Å²) in [6.07, 6.45) is 0.905. The van der Waals surface area contributed by atoms with E-state index in [1.54, 1.807) is 0 Å². The Balaban J connectivity index is 0.00000162. The molecule has 4 heterocycles. The van der Waals surface area contributed by atoms with Crippen LogP contribution in [0.4, 0.5) is 5.82 Å². The molecule has 3 fully saturated rings. The molecule has 0 saturated carbocycles. The number of halogens is 2. The topological polar surface area (TPSA) is 80.4 Å². The number of rotatable bonds is 4. The van der Waals surface area contributed by atoms with E-state index >= 15 is 0 Å². The van der Waals surface area contributed by atoms with E-state index in [0.717, 1.165) is 74.5 Å². The van der Waals surface area contributed by atoms with Gasteiger partial charge in [0.25, 0.3) is 0 Å². The molecule has 0 aliphatic carbocycles. The summed E-state index contributed by atoms with van der Waals surface area (Å²) in [6.45, 7) is 7.60. The normalized spacial score (nSPS) is 22.7. The number of carbonyl (C=O) groups is 1. The van der Waals surface area contributed by atoms with Crippen LogP contribution in [-0.4, -0.2) is 88.5 Å². The first-order valence-electron chi connectivity index (χ1n) is 11.3. The largest absolute Gasteiger partial charge is 0.354 e. The van der Waals surface area contributed by atoms with Crippen molar-refractivity contribution in [2.24, 2.45) is 0 Å². The molecule has 34 heavy (non-hydrogen) atoms. The summed E-state index contributed by atoms with van der Waals surface area (Å²) in [5.41, 5.74) is 2.60. The van der Waals surface area contributed by atoms with Crippen LogP contribution >= 0.6 is 36.6 Å². The van der Waals surface area contributed by atoms with E-state index in [1.807, 2.05) is 52.5 Å². The number of amides is 1. The maximum atomic E-state index is 12.7. The van der Waals surface area contributed by atoms with Crippen molar-refractivity contribution in [2.45, 2.75) is 25.4 Å². The predicted molar refractivity (Wildman–Crippen MR) is 141 cm³/mol. The van der Waals surface area contributed by atoms with Crippen molar-refractivity contribution in [1.29, 1.82) is 5.26 Å². The molecule has 0 unspecified atom stereocenters. The van der Waals surface area contributed by atoms with Gasteiger partial charge in [0.15, 0.2) is 0 Å². The molecule has 1 aromatic carbocycles. The Kier molecular flexibility index (Phi) is 9.13. The van der Waals surface area contributed by atoms with Crippen molar-refractivity contribution in [2.75, 3.05) is 55.8 Å². The average Bonchev–Trinajstić information content (AvgIpc) is 3.60. The summed E-state index contributed by atoms with van der Waals surface area (Å²) in [5, 5.41) is 17.2. The SMILES string of the molecule is Cc1cc(N2CCN([C@@H]3CN[C@H](C(=O)N4CCSC4)C3)CC2)n(-c2ccc(C#N)cc2)n1.Cl.Cl. The Morgan fingerprint density at radius 2 is 1.88 bits per heavy atom. The number of anilines is 1. The van der Waals surface area contributed by atoms with Crippen LogP contribution in [0, 0.1) is 18.3 Å². The number of benzene rings is 1. The van der Waals surface area contributed by atoms with Gasteiger partial charge in [-0.1, -0.05) is 0 Å². The molecular formula is C23H31Cl2N7OS. The molecule has 5 rings (SSSR count). The van der Waals surface area contributed by atoms with E-state index in [-0.39, 0.29) is 36.8 Å². The van der Waals surface area contributed by atoms with Gasteiger partial charge in [-0.3, -0.25) is 9.69 Å². The lowest BCUT2D eigenvalue weighted by Gasteiger charge is -2.38. The third-order valence-electron chi connectivity index (χ3n) is 6.68. The van der Waals surface area contributed by atoms with Crippen molar-refractivity contribution in [3.63, 3.8) is 0 Å². The minimum Gasteiger partial charge on any atom is -0.354 e. The minimum atomic E-state index is -0.0304. The summed E-state index contributed by atoms with van der Waals surface area (Å²) in [4.78, 5) is 19.6. The Morgan fingerprint density at radius 1 is 1.15 bits per heavy atom. The second-order valence-corrected chi connectivity index (χ2v) is 9.80. The van der Waals surface area contributed by atoms with Crippen LogP contribution in [-0.2, 0) is 4.79 Å². The van der Waals surface area contributed by atoms with Crippen LogP contribution in [0.3, 0.4) is 0 Å². The van der Waals surface area contributed by atoms with Crippen LogP contribution in [0.2, 0.25) is 0 Å². The average molecular weight is 525 g/mol. The highest BCUT2D eigenvalue weighted by atomic mass is 35.5. The highest BCUT2D eigenvalue weighted by Crippen LogP contribution is 2.25. The molecule has 3 aliphatic rings. The number of nitriles is 1. The second-order valence-electron chi connectivity index (χ2n) is 8.73. The zero-order valence-electron chi connectivity index (χ0n) is 19.2. The van der Waals surface area contributed by atoms with Gasteiger partial charge in [0.05, 0.1) is 34.9 Å². The molecule has 0 radical (unpaired) electrons. The van der Waals surface area contributed by atoms with E-state index in [0.29, 0.717) is 11.6 Å². The molecule has 3 saturated heterocycles. The van der Waals surface area contributed by atoms with Crippen LogP contribution in [0.1, 0.15) is 17.7 Å². The predicted octanol–water partition coefficient (Wildman–Crippen LogP) is 2.28. The summed E-state index contributed by atoms with van der Waals surface area (Å²) in [5.74, 6) is 3.27. The van der Waals surface area contributed by atoms with E-state index < -0.39 is 0 Å². The number of aryl methyl sites for hydroxylation is 1. The molecular weight excluding hydrogens is 493 g/mol. The zero-order chi connectivity index (χ0) is 22.1. The van der Waals surface area contributed by atoms with E-state index in [4.69, 9.17) is 10.4 Å². The van der Waals surface area contributed by atoms with Crippen molar-refractivity contribution in [3.8, 4) is 11.8 Å². The fourth-order valence-electron chi connectivity index (χ4n) is 4.89. The quantitative estimate of drug-likeness (QED) is 0.658. The van der Waals surface area contributed by atoms with Gasteiger partial charge in [0.1, 0.15) is 5.82 Å². The summed E-state index contributed by atoms with van der Waals surface area (Å²) in [6, 6.07) is 12.3. The van der Waals surface area contributed by atoms with Gasteiger partial charge in [-0.15, -0.1) is 36.6 Å². The molecule has 0 spiro atoms. The molecule has 184 valence electrons. The highest BCUT2D eigenvalue weighted by molar-refractivity contribution is 7.99. The van der Waals surface area contributed by atoms with Crippen LogP contribution < -0.4 is 10.2 Å². The molecule has 8 nitrogen and oxygen atoms in total. The van der Waals surface area contributed by atoms with Gasteiger partial charge < -0.3 is 15.1 Å². The summed E-state index contributed by atoms with van der Waals surface area (Å²) < 4.78 is 1.98. The zero-order valence-corrected chi connectivity index (χ0v) is 21.7. The number of piperazine rings is 1. The maximum absolute atomic E-state index is 12.7. The van der Waals surface area contributed by atoms with E-state index in [2.05, 4.69) is 27.3 Å². The lowest BCUT2D eigenvalue weighted by molar-refractivity contribution is -0.131. The fraction of sp³-hybridized carbons (Fsp3) is 0.522. The number of carbonyl (C=O) groups excluding carboxylic acids is 1. The molecule has 1 N–H and O–H groups in total. The lowest BCUT2D eigenvalue weighted by Crippen LogP contribution is -2.51. The van der Waals surface area contributed by atoms with Gasteiger partial charge in [-0.2, -0.15) is 10.4 Å². The molecule has 1 aromatic heterocycles. The first-order chi connectivity index (χ1) is 15.6. The number of hydrogen-bond donors (Lipinski definition) is 1. The van der Waals surface area contributed by atoms with E-state index in [9.17, 15) is 4.79 Å². The van der Waals surface area contributed by atoms with Gasteiger partial charge in [0, 0.05) is 57.1 Å².